The van der Waals surface area contributed by atoms with Crippen molar-refractivity contribution in [1.82, 2.24) is 10.1 Å². The number of aromatic nitrogens is 2. The second-order valence-corrected chi connectivity index (χ2v) is 5.29. The Balaban J connectivity index is 2.02. The molecular formula is C15H20N4O3. The Kier molecular flexibility index (Phi) is 4.98. The summed E-state index contributed by atoms with van der Waals surface area (Å²) < 4.78 is 10.5. The molecule has 118 valence electrons. The van der Waals surface area contributed by atoms with Gasteiger partial charge in [0.15, 0.2) is 12.4 Å². The number of nitrogens with zero attached hydrogens (tertiary/aromatic N) is 2. The van der Waals surface area contributed by atoms with Crippen LogP contribution >= 0.6 is 0 Å². The monoisotopic (exact) mass is 304 g/mol. The van der Waals surface area contributed by atoms with Gasteiger partial charge in [0.1, 0.15) is 11.8 Å². The van der Waals surface area contributed by atoms with E-state index in [1.54, 1.807) is 12.1 Å². The largest absolute Gasteiger partial charge is 0.484 e. The molecule has 0 aliphatic heterocycles. The van der Waals surface area contributed by atoms with Crippen LogP contribution in [-0.4, -0.2) is 22.7 Å². The molecule has 2 aromatic rings. The van der Waals surface area contributed by atoms with Gasteiger partial charge in [0.05, 0.1) is 0 Å². The third-order valence-electron chi connectivity index (χ3n) is 2.94. The van der Waals surface area contributed by atoms with Crippen LogP contribution in [0.1, 0.15) is 44.4 Å². The summed E-state index contributed by atoms with van der Waals surface area (Å²) in [6.07, 6.45) is 0. The number of carbonyl (C=O) groups excluding carboxylic acids is 1. The molecule has 1 aromatic heterocycles. The van der Waals surface area contributed by atoms with Gasteiger partial charge >= 0.3 is 0 Å². The summed E-state index contributed by atoms with van der Waals surface area (Å²) in [4.78, 5) is 15.1. The average molecular weight is 304 g/mol. The lowest BCUT2D eigenvalue weighted by Crippen LogP contribution is -2.20. The normalized spacial score (nSPS) is 12.2. The fraction of sp³-hybridized carbons (Fsp3) is 0.400. The number of nitrogens with one attached hydrogen (secondary N) is 1. The molecule has 1 atom stereocenters. The number of rotatable bonds is 7. The van der Waals surface area contributed by atoms with Gasteiger partial charge in [-0.2, -0.15) is 4.98 Å². The van der Waals surface area contributed by atoms with Crippen LogP contribution in [0.4, 0.5) is 5.69 Å². The number of anilines is 1. The Hall–Kier alpha value is -2.57. The molecule has 0 bridgehead atoms. The molecule has 1 unspecified atom stereocenters. The first-order valence-electron chi connectivity index (χ1n) is 7.07. The van der Waals surface area contributed by atoms with E-state index in [9.17, 15) is 4.79 Å². The van der Waals surface area contributed by atoms with Crippen LogP contribution in [0.25, 0.3) is 0 Å². The smallest absolute Gasteiger partial charge is 0.255 e. The van der Waals surface area contributed by atoms with Crippen molar-refractivity contribution in [2.24, 2.45) is 5.73 Å². The van der Waals surface area contributed by atoms with E-state index in [4.69, 9.17) is 15.0 Å². The Bertz CT molecular complexity index is 639. The molecule has 7 heteroatoms. The van der Waals surface area contributed by atoms with Crippen molar-refractivity contribution in [3.8, 4) is 5.75 Å². The highest BCUT2D eigenvalue weighted by Crippen LogP contribution is 2.23. The van der Waals surface area contributed by atoms with Crippen molar-refractivity contribution < 1.29 is 14.1 Å². The Morgan fingerprint density at radius 2 is 2.18 bits per heavy atom. The number of hydrogen-bond donors (Lipinski definition) is 2. The summed E-state index contributed by atoms with van der Waals surface area (Å²) in [5.41, 5.74) is 5.87. The Labute approximate surface area is 128 Å². The number of carbonyl (C=O) groups is 1. The van der Waals surface area contributed by atoms with Crippen LogP contribution in [0.2, 0.25) is 0 Å². The van der Waals surface area contributed by atoms with Gasteiger partial charge in [0, 0.05) is 17.7 Å². The molecular weight excluding hydrogens is 284 g/mol. The maximum Gasteiger partial charge on any atom is 0.255 e. The molecule has 7 nitrogen and oxygen atoms in total. The highest BCUT2D eigenvalue weighted by atomic mass is 16.5. The SMILES string of the molecule is CC(C)c1noc(C(C)Nc2cccc(OCC(N)=O)c2)n1. The van der Waals surface area contributed by atoms with Crippen molar-refractivity contribution in [3.05, 3.63) is 36.0 Å². The van der Waals surface area contributed by atoms with E-state index < -0.39 is 5.91 Å². The minimum Gasteiger partial charge on any atom is -0.484 e. The molecule has 1 heterocycles. The van der Waals surface area contributed by atoms with Crippen molar-refractivity contribution in [3.63, 3.8) is 0 Å². The Morgan fingerprint density at radius 3 is 2.82 bits per heavy atom. The van der Waals surface area contributed by atoms with Crippen molar-refractivity contribution in [2.75, 3.05) is 11.9 Å². The van der Waals surface area contributed by atoms with Gasteiger partial charge in [-0.25, -0.2) is 0 Å². The molecule has 0 radical (unpaired) electrons. The second-order valence-electron chi connectivity index (χ2n) is 5.29. The lowest BCUT2D eigenvalue weighted by Gasteiger charge is -2.12. The highest BCUT2D eigenvalue weighted by molar-refractivity contribution is 5.75. The maximum absolute atomic E-state index is 10.7. The minimum absolute atomic E-state index is 0.147. The molecule has 0 spiro atoms. The molecule has 2 rings (SSSR count). The standard InChI is InChI=1S/C15H20N4O3/c1-9(2)14-18-15(22-19-14)10(3)17-11-5-4-6-12(7-11)21-8-13(16)20/h4-7,9-10,17H,8H2,1-3H3,(H2,16,20). The summed E-state index contributed by atoms with van der Waals surface area (Å²) in [5.74, 6) is 1.47. The zero-order valence-corrected chi connectivity index (χ0v) is 12.9. The topological polar surface area (TPSA) is 103 Å². The molecule has 0 aliphatic rings. The summed E-state index contributed by atoms with van der Waals surface area (Å²) >= 11 is 0. The molecule has 1 amide bonds. The molecule has 0 saturated carbocycles. The van der Waals surface area contributed by atoms with E-state index in [-0.39, 0.29) is 18.6 Å². The number of hydrogen-bond acceptors (Lipinski definition) is 6. The number of benzene rings is 1. The zero-order valence-electron chi connectivity index (χ0n) is 12.9. The van der Waals surface area contributed by atoms with Crippen LogP contribution in [0.15, 0.2) is 28.8 Å². The highest BCUT2D eigenvalue weighted by Gasteiger charge is 2.16. The van der Waals surface area contributed by atoms with Crippen LogP contribution in [0, 0.1) is 0 Å². The maximum atomic E-state index is 10.7. The first-order valence-corrected chi connectivity index (χ1v) is 7.07. The molecule has 0 fully saturated rings. The zero-order chi connectivity index (χ0) is 16.1. The van der Waals surface area contributed by atoms with Crippen molar-refractivity contribution >= 4 is 11.6 Å². The van der Waals surface area contributed by atoms with E-state index in [2.05, 4.69) is 15.5 Å². The van der Waals surface area contributed by atoms with Crippen LogP contribution < -0.4 is 15.8 Å². The van der Waals surface area contributed by atoms with E-state index in [1.165, 1.54) is 0 Å². The van der Waals surface area contributed by atoms with Gasteiger partial charge in [-0.1, -0.05) is 25.1 Å². The second kappa shape index (κ2) is 6.93. The van der Waals surface area contributed by atoms with Gasteiger partial charge in [0.25, 0.3) is 5.91 Å². The van der Waals surface area contributed by atoms with Gasteiger partial charge in [-0.15, -0.1) is 0 Å². The lowest BCUT2D eigenvalue weighted by molar-refractivity contribution is -0.119. The van der Waals surface area contributed by atoms with Crippen LogP contribution in [0.5, 0.6) is 5.75 Å². The summed E-state index contributed by atoms with van der Waals surface area (Å²) in [7, 11) is 0. The van der Waals surface area contributed by atoms with Crippen LogP contribution in [-0.2, 0) is 4.79 Å². The summed E-state index contributed by atoms with van der Waals surface area (Å²) in [6.45, 7) is 5.79. The van der Waals surface area contributed by atoms with Gasteiger partial charge in [-0.3, -0.25) is 4.79 Å². The van der Waals surface area contributed by atoms with E-state index in [1.807, 2.05) is 32.9 Å². The molecule has 0 saturated heterocycles. The van der Waals surface area contributed by atoms with Gasteiger partial charge < -0.3 is 20.3 Å². The Morgan fingerprint density at radius 1 is 1.41 bits per heavy atom. The first kappa shape index (κ1) is 15.8. The third kappa shape index (κ3) is 4.21. The van der Waals surface area contributed by atoms with Gasteiger partial charge in [-0.05, 0) is 19.1 Å². The molecule has 3 N–H and O–H groups in total. The predicted molar refractivity (Wildman–Crippen MR) is 81.6 cm³/mol. The van der Waals surface area contributed by atoms with Crippen molar-refractivity contribution in [2.45, 2.75) is 32.7 Å². The minimum atomic E-state index is -0.515. The average Bonchev–Trinajstić information content (AvgIpc) is 2.95. The van der Waals surface area contributed by atoms with Crippen molar-refractivity contribution in [1.29, 1.82) is 0 Å². The predicted octanol–water partition coefficient (Wildman–Crippen LogP) is 2.23. The first-order chi connectivity index (χ1) is 10.5. The molecule has 1 aromatic carbocycles. The van der Waals surface area contributed by atoms with E-state index >= 15 is 0 Å². The third-order valence-corrected chi connectivity index (χ3v) is 2.94. The number of primary amides is 1. The number of amides is 1. The summed E-state index contributed by atoms with van der Waals surface area (Å²) in [6, 6.07) is 7.08. The fourth-order valence-electron chi connectivity index (χ4n) is 1.80. The van der Waals surface area contributed by atoms with Crippen LogP contribution in [0.3, 0.4) is 0 Å². The number of nitrogens with two attached hydrogens (primary N) is 1. The number of ether oxygens (including phenoxy) is 1. The van der Waals surface area contributed by atoms with E-state index in [0.717, 1.165) is 5.69 Å². The quantitative estimate of drug-likeness (QED) is 0.813. The summed E-state index contributed by atoms with van der Waals surface area (Å²) in [5, 5.41) is 7.19. The fourth-order valence-corrected chi connectivity index (χ4v) is 1.80. The van der Waals surface area contributed by atoms with E-state index in [0.29, 0.717) is 17.5 Å². The van der Waals surface area contributed by atoms with Gasteiger partial charge in [0.2, 0.25) is 5.89 Å². The molecule has 22 heavy (non-hydrogen) atoms. The lowest BCUT2D eigenvalue weighted by atomic mass is 10.2. The molecule has 0 aliphatic carbocycles.